The van der Waals surface area contributed by atoms with Gasteiger partial charge in [0.15, 0.2) is 0 Å². The standard InChI is InChI=1S/C9H11N3O/c1-7-8(4-6-10-7)12-9(13)3-2-5-11-12/h2-5,7,10H,6H2,1H3/t7-/m0/s1. The molecule has 1 aliphatic heterocycles. The van der Waals surface area contributed by atoms with Crippen LogP contribution in [0.1, 0.15) is 6.92 Å². The molecule has 0 saturated carbocycles. The zero-order valence-corrected chi connectivity index (χ0v) is 7.40. The molecule has 1 aromatic rings. The Labute approximate surface area is 75.9 Å². The van der Waals surface area contributed by atoms with E-state index in [2.05, 4.69) is 10.4 Å². The Morgan fingerprint density at radius 3 is 3.15 bits per heavy atom. The molecule has 0 spiro atoms. The van der Waals surface area contributed by atoms with Gasteiger partial charge in [0.1, 0.15) is 0 Å². The summed E-state index contributed by atoms with van der Waals surface area (Å²) >= 11 is 0. The van der Waals surface area contributed by atoms with Gasteiger partial charge in [0, 0.05) is 24.8 Å². The summed E-state index contributed by atoms with van der Waals surface area (Å²) in [5, 5.41) is 7.21. The van der Waals surface area contributed by atoms with Gasteiger partial charge in [0.25, 0.3) is 5.56 Å². The van der Waals surface area contributed by atoms with Crippen molar-refractivity contribution in [1.29, 1.82) is 0 Å². The molecule has 13 heavy (non-hydrogen) atoms. The normalized spacial score (nSPS) is 21.6. The van der Waals surface area contributed by atoms with Crippen molar-refractivity contribution in [3.8, 4) is 0 Å². The molecule has 0 bridgehead atoms. The maximum absolute atomic E-state index is 11.4. The van der Waals surface area contributed by atoms with Crippen LogP contribution in [0.2, 0.25) is 0 Å². The van der Waals surface area contributed by atoms with Crippen molar-refractivity contribution in [3.05, 3.63) is 34.8 Å². The molecule has 0 aliphatic carbocycles. The zero-order valence-electron chi connectivity index (χ0n) is 7.40. The van der Waals surface area contributed by atoms with Crippen LogP contribution in [0.4, 0.5) is 0 Å². The van der Waals surface area contributed by atoms with Gasteiger partial charge in [-0.25, -0.2) is 4.68 Å². The number of nitrogens with one attached hydrogen (secondary N) is 1. The van der Waals surface area contributed by atoms with E-state index in [0.717, 1.165) is 12.2 Å². The second-order valence-corrected chi connectivity index (χ2v) is 3.03. The molecule has 68 valence electrons. The van der Waals surface area contributed by atoms with Crippen LogP contribution >= 0.6 is 0 Å². The summed E-state index contributed by atoms with van der Waals surface area (Å²) in [6.07, 6.45) is 3.60. The predicted octanol–water partition coefficient (Wildman–Crippen LogP) is 0.0759. The second-order valence-electron chi connectivity index (χ2n) is 3.03. The third kappa shape index (κ3) is 1.40. The topological polar surface area (TPSA) is 46.9 Å². The molecule has 0 saturated heterocycles. The van der Waals surface area contributed by atoms with Gasteiger partial charge in [0.2, 0.25) is 0 Å². The van der Waals surface area contributed by atoms with Gasteiger partial charge in [-0.1, -0.05) is 0 Å². The molecule has 0 unspecified atom stereocenters. The second kappa shape index (κ2) is 3.14. The van der Waals surface area contributed by atoms with Crippen molar-refractivity contribution < 1.29 is 0 Å². The maximum Gasteiger partial charge on any atom is 0.271 e. The summed E-state index contributed by atoms with van der Waals surface area (Å²) in [4.78, 5) is 11.4. The van der Waals surface area contributed by atoms with Gasteiger partial charge in [-0.2, -0.15) is 5.10 Å². The minimum atomic E-state index is -0.0794. The summed E-state index contributed by atoms with van der Waals surface area (Å²) in [6, 6.07) is 3.36. The molecule has 2 heterocycles. The smallest absolute Gasteiger partial charge is 0.271 e. The first-order valence-electron chi connectivity index (χ1n) is 4.27. The van der Waals surface area contributed by atoms with E-state index < -0.39 is 0 Å². The molecular formula is C9H11N3O. The number of aromatic nitrogens is 2. The first-order valence-corrected chi connectivity index (χ1v) is 4.27. The fourth-order valence-corrected chi connectivity index (χ4v) is 1.44. The summed E-state index contributed by atoms with van der Waals surface area (Å²) < 4.78 is 1.44. The first-order chi connectivity index (χ1) is 6.29. The van der Waals surface area contributed by atoms with Crippen molar-refractivity contribution in [1.82, 2.24) is 15.1 Å². The quantitative estimate of drug-likeness (QED) is 0.660. The fraction of sp³-hybridized carbons (Fsp3) is 0.333. The Morgan fingerprint density at radius 2 is 2.54 bits per heavy atom. The average molecular weight is 177 g/mol. The lowest BCUT2D eigenvalue weighted by Crippen LogP contribution is -2.28. The number of rotatable bonds is 1. The molecule has 0 fully saturated rings. The van der Waals surface area contributed by atoms with Gasteiger partial charge in [-0.15, -0.1) is 0 Å². The summed E-state index contributed by atoms with van der Waals surface area (Å²) in [5.41, 5.74) is 0.856. The Hall–Kier alpha value is -1.42. The molecule has 4 heteroatoms. The highest BCUT2D eigenvalue weighted by Gasteiger charge is 2.16. The van der Waals surface area contributed by atoms with Crippen LogP contribution in [0.25, 0.3) is 5.70 Å². The van der Waals surface area contributed by atoms with Crippen LogP contribution < -0.4 is 10.9 Å². The lowest BCUT2D eigenvalue weighted by molar-refractivity contribution is 0.685. The largest absolute Gasteiger partial charge is 0.305 e. The highest BCUT2D eigenvalue weighted by Crippen LogP contribution is 2.09. The Bertz CT molecular complexity index is 394. The molecular weight excluding hydrogens is 166 g/mol. The van der Waals surface area contributed by atoms with E-state index in [0.29, 0.717) is 0 Å². The van der Waals surface area contributed by atoms with Crippen LogP contribution in [0.15, 0.2) is 29.2 Å². The highest BCUT2D eigenvalue weighted by atomic mass is 16.1. The third-order valence-electron chi connectivity index (χ3n) is 2.14. The number of hydrogen-bond donors (Lipinski definition) is 1. The minimum absolute atomic E-state index is 0.0794. The van der Waals surface area contributed by atoms with E-state index in [1.165, 1.54) is 10.7 Å². The molecule has 1 aromatic heterocycles. The van der Waals surface area contributed by atoms with E-state index in [9.17, 15) is 4.79 Å². The maximum atomic E-state index is 11.4. The van der Waals surface area contributed by atoms with Crippen molar-refractivity contribution in [2.45, 2.75) is 13.0 Å². The van der Waals surface area contributed by atoms with Gasteiger partial charge < -0.3 is 5.32 Å². The lowest BCUT2D eigenvalue weighted by atomic mass is 10.3. The number of nitrogens with zero attached hydrogens (tertiary/aromatic N) is 2. The van der Waals surface area contributed by atoms with E-state index >= 15 is 0 Å². The van der Waals surface area contributed by atoms with E-state index in [4.69, 9.17) is 0 Å². The van der Waals surface area contributed by atoms with E-state index in [1.807, 2.05) is 13.0 Å². The number of hydrogen-bond acceptors (Lipinski definition) is 3. The van der Waals surface area contributed by atoms with Crippen molar-refractivity contribution in [2.24, 2.45) is 0 Å². The molecule has 2 rings (SSSR count). The summed E-state index contributed by atoms with van der Waals surface area (Å²) in [7, 11) is 0. The molecule has 0 amide bonds. The van der Waals surface area contributed by atoms with Crippen molar-refractivity contribution in [2.75, 3.05) is 6.54 Å². The highest BCUT2D eigenvalue weighted by molar-refractivity contribution is 5.52. The first kappa shape index (κ1) is 8.19. The molecule has 0 radical (unpaired) electrons. The van der Waals surface area contributed by atoms with E-state index in [1.54, 1.807) is 12.3 Å². The van der Waals surface area contributed by atoms with Gasteiger partial charge >= 0.3 is 0 Å². The molecule has 0 aromatic carbocycles. The average Bonchev–Trinajstić information content (AvgIpc) is 2.52. The molecule has 1 atom stereocenters. The van der Waals surface area contributed by atoms with Crippen molar-refractivity contribution >= 4 is 5.70 Å². The predicted molar refractivity (Wildman–Crippen MR) is 50.2 cm³/mol. The summed E-state index contributed by atoms with van der Waals surface area (Å²) in [6.45, 7) is 2.82. The SMILES string of the molecule is C[C@@H]1NCC=C1n1ncccc1=O. The minimum Gasteiger partial charge on any atom is -0.305 e. The van der Waals surface area contributed by atoms with Gasteiger partial charge in [0.05, 0.1) is 5.70 Å². The monoisotopic (exact) mass is 177 g/mol. The Morgan fingerprint density at radius 1 is 1.69 bits per heavy atom. The van der Waals surface area contributed by atoms with Crippen molar-refractivity contribution in [3.63, 3.8) is 0 Å². The molecule has 1 aliphatic rings. The van der Waals surface area contributed by atoms with E-state index in [-0.39, 0.29) is 11.6 Å². The van der Waals surface area contributed by atoms with Gasteiger partial charge in [-0.3, -0.25) is 4.79 Å². The molecule has 1 N–H and O–H groups in total. The van der Waals surface area contributed by atoms with Crippen LogP contribution in [0.5, 0.6) is 0 Å². The van der Waals surface area contributed by atoms with Crippen LogP contribution in [-0.4, -0.2) is 22.4 Å². The lowest BCUT2D eigenvalue weighted by Gasteiger charge is -2.09. The Kier molecular flexibility index (Phi) is 1.98. The Balaban J connectivity index is 2.47. The molecule has 4 nitrogen and oxygen atoms in total. The van der Waals surface area contributed by atoms with Crippen LogP contribution in [-0.2, 0) is 0 Å². The van der Waals surface area contributed by atoms with Crippen LogP contribution in [0.3, 0.4) is 0 Å². The summed E-state index contributed by atoms with van der Waals surface area (Å²) in [5.74, 6) is 0. The van der Waals surface area contributed by atoms with Gasteiger partial charge in [-0.05, 0) is 19.1 Å². The van der Waals surface area contributed by atoms with Crippen LogP contribution in [0, 0.1) is 0 Å². The third-order valence-corrected chi connectivity index (χ3v) is 2.14. The zero-order chi connectivity index (χ0) is 9.26. The fourth-order valence-electron chi connectivity index (χ4n) is 1.44.